The molecular formula is C40H33ClF6N10O3S. The van der Waals surface area contributed by atoms with Crippen LogP contribution in [0.4, 0.5) is 32.0 Å². The van der Waals surface area contributed by atoms with Crippen molar-refractivity contribution in [1.82, 2.24) is 34.6 Å². The normalized spacial score (nSPS) is 17.6. The average Bonchev–Trinajstić information content (AvgIpc) is 3.85. The maximum absolute atomic E-state index is 15.5. The Labute approximate surface area is 350 Å². The van der Waals surface area contributed by atoms with Crippen LogP contribution in [-0.2, 0) is 35.0 Å². The number of fused-ring (bicyclic) bond motifs is 4. The SMILES string of the molecule is CNc1c(-n2c(C(Cc3cc(F)cc(F)c3)NC(=O)Cn3nc(C(F)F)c4c3C(F)(F)C3CC43)nc3cc(-c4cnc(C)nc4)ccc3c2=O)ccc(Cl)c1C(N)=N[S+](C)[O-]. The highest BCUT2D eigenvalue weighted by Gasteiger charge is 2.67. The van der Waals surface area contributed by atoms with E-state index >= 15 is 8.78 Å². The predicted octanol–water partition coefficient (Wildman–Crippen LogP) is 6.57. The highest BCUT2D eigenvalue weighted by Crippen LogP contribution is 2.68. The molecule has 4 N–H and O–H groups in total. The fourth-order valence-electron chi connectivity index (χ4n) is 7.96. The minimum atomic E-state index is -3.54. The number of aromatic nitrogens is 6. The van der Waals surface area contributed by atoms with E-state index in [-0.39, 0.29) is 62.1 Å². The Kier molecular flexibility index (Phi) is 10.8. The van der Waals surface area contributed by atoms with E-state index < -0.39 is 89.0 Å². The standard InChI is InChI=1S/C40H33ClF6N10O3S/c1-17-50-14-20(15-51-17)19-4-5-23-27(11-19)53-38(57(39(23)59)29-7-6-26(41)32(33(29)49-2)37(48)55-61(3)60)28(10-18-8-21(42)12-22(43)9-18)52-30(58)16-56-35-31(34(54-56)36(44)45)24-13-25(24)40(35,46)47/h4-9,11-12,14-15,24-25,28,36,49H,10,13,16H2,1-3H3,(H2,48,55)(H,52,58). The van der Waals surface area contributed by atoms with Gasteiger partial charge in [0, 0.05) is 49.0 Å². The van der Waals surface area contributed by atoms with Crippen molar-refractivity contribution in [2.24, 2.45) is 16.0 Å². The molecule has 316 valence electrons. The first-order chi connectivity index (χ1) is 29.0. The third-order valence-electron chi connectivity index (χ3n) is 10.6. The van der Waals surface area contributed by atoms with Gasteiger partial charge in [-0.25, -0.2) is 32.5 Å². The summed E-state index contributed by atoms with van der Waals surface area (Å²) in [6.45, 7) is 0.731. The summed E-state index contributed by atoms with van der Waals surface area (Å²) in [5, 5.41) is 9.46. The summed E-state index contributed by atoms with van der Waals surface area (Å²) in [5.74, 6) is -8.53. The lowest BCUT2D eigenvalue weighted by atomic mass is 10.0. The van der Waals surface area contributed by atoms with Crippen molar-refractivity contribution in [3.63, 3.8) is 0 Å². The maximum Gasteiger partial charge on any atom is 0.293 e. The zero-order chi connectivity index (χ0) is 43.7. The van der Waals surface area contributed by atoms with E-state index in [4.69, 9.17) is 22.3 Å². The van der Waals surface area contributed by atoms with Crippen molar-refractivity contribution in [1.29, 1.82) is 0 Å². The van der Waals surface area contributed by atoms with Crippen molar-refractivity contribution in [3.8, 4) is 16.8 Å². The maximum atomic E-state index is 15.5. The second kappa shape index (κ2) is 15.8. The van der Waals surface area contributed by atoms with Gasteiger partial charge >= 0.3 is 0 Å². The molecule has 4 atom stereocenters. The Morgan fingerprint density at radius 3 is 2.46 bits per heavy atom. The molecule has 61 heavy (non-hydrogen) atoms. The first kappa shape index (κ1) is 41.7. The van der Waals surface area contributed by atoms with Gasteiger partial charge in [0.2, 0.25) is 5.91 Å². The molecule has 8 rings (SSSR count). The lowest BCUT2D eigenvalue weighted by Crippen LogP contribution is -2.38. The topological polar surface area (TPSA) is 181 Å². The van der Waals surface area contributed by atoms with Gasteiger partial charge < -0.3 is 20.9 Å². The van der Waals surface area contributed by atoms with Crippen LogP contribution >= 0.6 is 11.6 Å². The van der Waals surface area contributed by atoms with Gasteiger partial charge in [0.15, 0.2) is 5.84 Å². The molecule has 3 aromatic heterocycles. The number of anilines is 1. The molecule has 0 radical (unpaired) electrons. The van der Waals surface area contributed by atoms with E-state index in [1.165, 1.54) is 31.5 Å². The Hall–Kier alpha value is -5.99. The van der Waals surface area contributed by atoms with E-state index in [0.29, 0.717) is 27.7 Å². The number of alkyl halides is 4. The molecule has 2 aliphatic carbocycles. The lowest BCUT2D eigenvalue weighted by Gasteiger charge is -2.25. The average molecular weight is 883 g/mol. The highest BCUT2D eigenvalue weighted by molar-refractivity contribution is 7.89. The van der Waals surface area contributed by atoms with Gasteiger partial charge in [-0.3, -0.25) is 18.8 Å². The second-order valence-electron chi connectivity index (χ2n) is 14.6. The minimum absolute atomic E-state index is 0.00250. The summed E-state index contributed by atoms with van der Waals surface area (Å²) < 4.78 is 106. The van der Waals surface area contributed by atoms with Gasteiger partial charge in [0.05, 0.1) is 50.3 Å². The number of halogens is 7. The zero-order valence-corrected chi connectivity index (χ0v) is 33.8. The highest BCUT2D eigenvalue weighted by atomic mass is 35.5. The lowest BCUT2D eigenvalue weighted by molar-refractivity contribution is -0.123. The first-order valence-electron chi connectivity index (χ1n) is 18.5. The number of hydrogen-bond donors (Lipinski definition) is 3. The Balaban J connectivity index is 1.34. The van der Waals surface area contributed by atoms with Gasteiger partial charge in [-0.1, -0.05) is 17.7 Å². The van der Waals surface area contributed by atoms with E-state index in [9.17, 15) is 31.7 Å². The number of aryl methyl sites for hydroxylation is 1. The number of amidine groups is 1. The van der Waals surface area contributed by atoms with Crippen LogP contribution in [0.5, 0.6) is 0 Å². The number of nitrogens with one attached hydrogen (secondary N) is 2. The molecule has 4 unspecified atom stereocenters. The molecule has 1 fully saturated rings. The molecule has 0 saturated heterocycles. The third-order valence-corrected chi connectivity index (χ3v) is 11.4. The van der Waals surface area contributed by atoms with Crippen molar-refractivity contribution in [3.05, 3.63) is 128 Å². The number of rotatable bonds is 12. The molecule has 1 amide bonds. The van der Waals surface area contributed by atoms with Crippen LogP contribution in [0.1, 0.15) is 64.5 Å². The second-order valence-corrected chi connectivity index (χ2v) is 16.0. The van der Waals surface area contributed by atoms with Gasteiger partial charge in [0.1, 0.15) is 47.5 Å². The molecule has 2 aliphatic rings. The summed E-state index contributed by atoms with van der Waals surface area (Å²) in [5.41, 5.74) is 4.98. The predicted molar refractivity (Wildman–Crippen MR) is 215 cm³/mol. The van der Waals surface area contributed by atoms with Crippen molar-refractivity contribution >= 4 is 51.3 Å². The smallest absolute Gasteiger partial charge is 0.293 e. The van der Waals surface area contributed by atoms with E-state index in [1.807, 2.05) is 0 Å². The summed E-state index contributed by atoms with van der Waals surface area (Å²) >= 11 is 4.80. The number of nitrogens with zero attached hydrogens (tertiary/aromatic N) is 7. The molecule has 3 heterocycles. The summed E-state index contributed by atoms with van der Waals surface area (Å²) in [6.07, 6.45) is 0.762. The van der Waals surface area contributed by atoms with Gasteiger partial charge in [-0.15, -0.1) is 0 Å². The summed E-state index contributed by atoms with van der Waals surface area (Å²) in [6, 6.07) is 8.64. The quantitative estimate of drug-likeness (QED) is 0.0531. The van der Waals surface area contributed by atoms with E-state index in [2.05, 4.69) is 30.1 Å². The molecular weight excluding hydrogens is 850 g/mol. The van der Waals surface area contributed by atoms with Crippen LogP contribution in [0.2, 0.25) is 5.02 Å². The number of benzene rings is 3. The van der Waals surface area contributed by atoms with Gasteiger partial charge in [0.25, 0.3) is 17.9 Å². The number of nitrogens with two attached hydrogens (primary N) is 1. The number of carbonyl (C=O) groups excluding carboxylic acids is 1. The van der Waals surface area contributed by atoms with Crippen molar-refractivity contribution in [2.75, 3.05) is 18.6 Å². The molecule has 3 aromatic carbocycles. The number of carbonyl (C=O) groups is 1. The summed E-state index contributed by atoms with van der Waals surface area (Å²) in [4.78, 5) is 42.4. The molecule has 6 aromatic rings. The largest absolute Gasteiger partial charge is 0.591 e. The summed E-state index contributed by atoms with van der Waals surface area (Å²) in [7, 11) is 1.48. The molecule has 21 heteroatoms. The Morgan fingerprint density at radius 2 is 1.80 bits per heavy atom. The van der Waals surface area contributed by atoms with Crippen molar-refractivity contribution < 1.29 is 35.7 Å². The molecule has 1 saturated carbocycles. The number of hydrogen-bond acceptors (Lipinski definition) is 9. The number of amides is 1. The fourth-order valence-corrected chi connectivity index (χ4v) is 8.58. The Morgan fingerprint density at radius 1 is 1.10 bits per heavy atom. The molecule has 13 nitrogen and oxygen atoms in total. The van der Waals surface area contributed by atoms with E-state index in [0.717, 1.165) is 16.7 Å². The van der Waals surface area contributed by atoms with Crippen LogP contribution in [0.25, 0.3) is 27.7 Å². The molecule has 0 aliphatic heterocycles. The monoisotopic (exact) mass is 882 g/mol. The van der Waals surface area contributed by atoms with Crippen LogP contribution < -0.4 is 21.9 Å². The van der Waals surface area contributed by atoms with Crippen LogP contribution in [0, 0.1) is 24.5 Å². The van der Waals surface area contributed by atoms with Gasteiger partial charge in [-0.05, 0) is 71.2 Å². The van der Waals surface area contributed by atoms with Crippen LogP contribution in [0.3, 0.4) is 0 Å². The molecule has 0 spiro atoms. The minimum Gasteiger partial charge on any atom is -0.591 e. The van der Waals surface area contributed by atoms with E-state index in [1.54, 1.807) is 31.5 Å². The van der Waals surface area contributed by atoms with Crippen molar-refractivity contribution in [2.45, 2.75) is 50.6 Å². The Bertz CT molecular complexity index is 2820. The zero-order valence-electron chi connectivity index (χ0n) is 32.2. The molecule has 0 bridgehead atoms. The van der Waals surface area contributed by atoms with Crippen LogP contribution in [-0.4, -0.2) is 58.9 Å². The van der Waals surface area contributed by atoms with Gasteiger partial charge in [-0.2, -0.15) is 13.9 Å². The fraction of sp³-hybridized carbons (Fsp3) is 0.275. The van der Waals surface area contributed by atoms with Crippen LogP contribution in [0.15, 0.2) is 70.1 Å². The first-order valence-corrected chi connectivity index (χ1v) is 20.4. The third kappa shape index (κ3) is 7.67.